The Hall–Kier alpha value is -9.40. The van der Waals surface area contributed by atoms with Crippen LogP contribution in [-0.2, 0) is 10.8 Å². The highest BCUT2D eigenvalue weighted by Crippen LogP contribution is 2.52. The first-order valence-corrected chi connectivity index (χ1v) is 25.0. The molecular formula is C66H46N6O2. The first-order chi connectivity index (χ1) is 36.1. The van der Waals surface area contributed by atoms with Gasteiger partial charge in [-0.05, 0) is 140 Å². The van der Waals surface area contributed by atoms with Crippen molar-refractivity contribution in [3.05, 3.63) is 229 Å². The van der Waals surface area contributed by atoms with Crippen LogP contribution in [0.4, 0.5) is 0 Å². The number of hydrogen-bond donors (Lipinski definition) is 0. The molecule has 9 aromatic carbocycles. The summed E-state index contributed by atoms with van der Waals surface area (Å²) in [5.74, 6) is 2.05. The van der Waals surface area contributed by atoms with Gasteiger partial charge in [0.25, 0.3) is 0 Å². The lowest BCUT2D eigenvalue weighted by molar-refractivity contribution is 0.583. The number of benzene rings is 9. The number of para-hydroxylation sites is 2. The van der Waals surface area contributed by atoms with Crippen LogP contribution in [-0.4, -0.2) is 30.4 Å². The molecule has 0 N–H and O–H groups in total. The standard InChI is InChI=1S/C66H46N6O2/c1-65(2)53-35-45(27-31-49(53)51-33-29-47(37-55(51)65)63-71-69-61(73-63)43-13-7-5-8-14-43)39-19-23-41(24-20-39)59-60(68-58-18-12-11-17-57(58)67-59)42-25-21-40(22-26-42)46-28-32-50-52-34-30-48(38-56(52)66(3,4)54(50)36-46)64-72-70-62(74-64)44-15-9-6-10-16-44/h5-38H,1-4H3. The van der Waals surface area contributed by atoms with Crippen molar-refractivity contribution >= 4 is 11.0 Å². The molecular weight excluding hydrogens is 909 g/mol. The van der Waals surface area contributed by atoms with E-state index >= 15 is 0 Å². The lowest BCUT2D eigenvalue weighted by Crippen LogP contribution is -2.15. The minimum absolute atomic E-state index is 0.246. The smallest absolute Gasteiger partial charge is 0.248 e. The number of aromatic nitrogens is 6. The quantitative estimate of drug-likeness (QED) is 0.148. The van der Waals surface area contributed by atoms with E-state index in [1.807, 2.05) is 84.9 Å². The predicted octanol–water partition coefficient (Wildman–Crippen LogP) is 16.3. The molecule has 0 aliphatic heterocycles. The van der Waals surface area contributed by atoms with Crippen LogP contribution in [0.1, 0.15) is 49.9 Å². The fraction of sp³-hybridized carbons (Fsp3) is 0.0909. The summed E-state index contributed by atoms with van der Waals surface area (Å²) in [6, 6.07) is 72.1. The number of rotatable bonds is 8. The second-order valence-electron chi connectivity index (χ2n) is 20.4. The maximum Gasteiger partial charge on any atom is 0.248 e. The molecule has 14 rings (SSSR count). The number of nitrogens with zero attached hydrogens (tertiary/aromatic N) is 6. The van der Waals surface area contributed by atoms with Gasteiger partial charge in [-0.25, -0.2) is 9.97 Å². The lowest BCUT2D eigenvalue weighted by Gasteiger charge is -2.22. The van der Waals surface area contributed by atoms with Gasteiger partial charge in [0, 0.05) is 44.2 Å². The molecule has 0 spiro atoms. The molecule has 0 bridgehead atoms. The van der Waals surface area contributed by atoms with E-state index in [1.165, 1.54) is 44.5 Å². The molecule has 12 aromatic rings. The summed E-state index contributed by atoms with van der Waals surface area (Å²) in [5, 5.41) is 17.6. The van der Waals surface area contributed by atoms with Crippen molar-refractivity contribution in [2.24, 2.45) is 0 Å². The van der Waals surface area contributed by atoms with Crippen molar-refractivity contribution in [2.45, 2.75) is 38.5 Å². The van der Waals surface area contributed by atoms with Crippen LogP contribution in [0.15, 0.2) is 215 Å². The van der Waals surface area contributed by atoms with Crippen LogP contribution in [0.2, 0.25) is 0 Å². The summed E-state index contributed by atoms with van der Waals surface area (Å²) in [5.41, 5.74) is 23.1. The van der Waals surface area contributed by atoms with Crippen molar-refractivity contribution in [3.8, 4) is 113 Å². The normalized spacial score (nSPS) is 13.6. The molecule has 8 nitrogen and oxygen atoms in total. The van der Waals surface area contributed by atoms with Gasteiger partial charge >= 0.3 is 0 Å². The van der Waals surface area contributed by atoms with Gasteiger partial charge in [-0.3, -0.25) is 0 Å². The molecule has 0 radical (unpaired) electrons. The van der Waals surface area contributed by atoms with E-state index in [0.717, 1.165) is 78.1 Å². The molecule has 3 aromatic heterocycles. The summed E-state index contributed by atoms with van der Waals surface area (Å²) >= 11 is 0. The predicted molar refractivity (Wildman–Crippen MR) is 294 cm³/mol. The van der Waals surface area contributed by atoms with Crippen molar-refractivity contribution in [3.63, 3.8) is 0 Å². The number of fused-ring (bicyclic) bond motifs is 7. The topological polar surface area (TPSA) is 104 Å². The largest absolute Gasteiger partial charge is 0.416 e. The molecule has 0 amide bonds. The zero-order chi connectivity index (χ0) is 49.7. The minimum atomic E-state index is -0.246. The Kier molecular flexibility index (Phi) is 9.72. The second-order valence-corrected chi connectivity index (χ2v) is 20.4. The molecule has 3 heterocycles. The van der Waals surface area contributed by atoms with E-state index in [-0.39, 0.29) is 10.8 Å². The van der Waals surface area contributed by atoms with Crippen LogP contribution in [0, 0.1) is 0 Å². The van der Waals surface area contributed by atoms with Crippen LogP contribution in [0.25, 0.3) is 124 Å². The molecule has 2 aliphatic carbocycles. The highest BCUT2D eigenvalue weighted by Gasteiger charge is 2.38. The van der Waals surface area contributed by atoms with E-state index in [4.69, 9.17) is 18.8 Å². The van der Waals surface area contributed by atoms with Crippen LogP contribution in [0.3, 0.4) is 0 Å². The van der Waals surface area contributed by atoms with Gasteiger partial charge in [0.2, 0.25) is 23.6 Å². The van der Waals surface area contributed by atoms with Gasteiger partial charge in [0.15, 0.2) is 0 Å². The highest BCUT2D eigenvalue weighted by atomic mass is 16.4. The third-order valence-corrected chi connectivity index (χ3v) is 15.3. The average Bonchev–Trinajstić information content (AvgIpc) is 4.29. The Labute approximate surface area is 428 Å². The van der Waals surface area contributed by atoms with Crippen LogP contribution in [0.5, 0.6) is 0 Å². The van der Waals surface area contributed by atoms with Crippen molar-refractivity contribution < 1.29 is 8.83 Å². The van der Waals surface area contributed by atoms with Crippen molar-refractivity contribution in [1.82, 2.24) is 30.4 Å². The van der Waals surface area contributed by atoms with Gasteiger partial charge < -0.3 is 8.83 Å². The van der Waals surface area contributed by atoms with Crippen LogP contribution >= 0.6 is 0 Å². The SMILES string of the molecule is CC1(C)c2cc(-c3ccc(-c4nc5ccccc5nc4-c4ccc(-c5ccc6c(c5)C(C)(C)c5cc(-c7nnc(-c8ccccc8)o7)ccc5-6)cc4)cc3)ccc2-c2ccc(-c3nnc(-c4ccccc4)o3)cc21. The molecule has 2 aliphatic rings. The zero-order valence-corrected chi connectivity index (χ0v) is 41.1. The van der Waals surface area contributed by atoms with Crippen molar-refractivity contribution in [1.29, 1.82) is 0 Å². The molecule has 0 saturated carbocycles. The first kappa shape index (κ1) is 43.4. The third kappa shape index (κ3) is 7.05. The van der Waals surface area contributed by atoms with Gasteiger partial charge in [-0.15, -0.1) is 20.4 Å². The van der Waals surface area contributed by atoms with E-state index in [9.17, 15) is 0 Å². The zero-order valence-electron chi connectivity index (χ0n) is 41.1. The summed E-state index contributed by atoms with van der Waals surface area (Å²) in [7, 11) is 0. The van der Waals surface area contributed by atoms with Gasteiger partial charge in [0.1, 0.15) is 0 Å². The summed E-state index contributed by atoms with van der Waals surface area (Å²) in [6.07, 6.45) is 0. The second kappa shape index (κ2) is 16.6. The summed E-state index contributed by atoms with van der Waals surface area (Å²) in [6.45, 7) is 9.19. The molecule has 352 valence electrons. The Morgan fingerprint density at radius 2 is 0.554 bits per heavy atom. The summed E-state index contributed by atoms with van der Waals surface area (Å²) in [4.78, 5) is 10.5. The maximum absolute atomic E-state index is 6.17. The average molecular weight is 955 g/mol. The molecule has 8 heteroatoms. The van der Waals surface area contributed by atoms with Gasteiger partial charge in [0.05, 0.1) is 22.4 Å². The van der Waals surface area contributed by atoms with Gasteiger partial charge in [-0.1, -0.05) is 161 Å². The van der Waals surface area contributed by atoms with Gasteiger partial charge in [-0.2, -0.15) is 0 Å². The Balaban J connectivity index is 0.738. The van der Waals surface area contributed by atoms with E-state index in [1.54, 1.807) is 0 Å². The van der Waals surface area contributed by atoms with E-state index in [2.05, 4.69) is 169 Å². The summed E-state index contributed by atoms with van der Waals surface area (Å²) < 4.78 is 12.3. The number of hydrogen-bond acceptors (Lipinski definition) is 8. The fourth-order valence-electron chi connectivity index (χ4n) is 11.2. The van der Waals surface area contributed by atoms with Crippen LogP contribution < -0.4 is 0 Å². The molecule has 74 heavy (non-hydrogen) atoms. The Bertz CT molecular complexity index is 3900. The Morgan fingerprint density at radius 1 is 0.270 bits per heavy atom. The molecule has 0 fully saturated rings. The van der Waals surface area contributed by atoms with E-state index < -0.39 is 0 Å². The Morgan fingerprint density at radius 3 is 0.919 bits per heavy atom. The molecule has 0 saturated heterocycles. The van der Waals surface area contributed by atoms with Crippen molar-refractivity contribution in [2.75, 3.05) is 0 Å². The lowest BCUT2D eigenvalue weighted by atomic mass is 9.81. The monoisotopic (exact) mass is 954 g/mol. The van der Waals surface area contributed by atoms with E-state index in [0.29, 0.717) is 23.6 Å². The molecule has 0 atom stereocenters. The minimum Gasteiger partial charge on any atom is -0.416 e. The third-order valence-electron chi connectivity index (χ3n) is 15.3. The highest BCUT2D eigenvalue weighted by molar-refractivity contribution is 5.90. The maximum atomic E-state index is 6.17. The first-order valence-electron chi connectivity index (χ1n) is 25.0. The molecule has 0 unspecified atom stereocenters. The fourth-order valence-corrected chi connectivity index (χ4v) is 11.2.